The van der Waals surface area contributed by atoms with Gasteiger partial charge in [0.2, 0.25) is 0 Å². The van der Waals surface area contributed by atoms with E-state index in [9.17, 15) is 24.6 Å². The van der Waals surface area contributed by atoms with Gasteiger partial charge in [-0.3, -0.25) is 4.79 Å². The van der Waals surface area contributed by atoms with E-state index in [1.54, 1.807) is 22.8 Å². The second-order valence-corrected chi connectivity index (χ2v) is 11.9. The van der Waals surface area contributed by atoms with Gasteiger partial charge in [-0.15, -0.1) is 22.7 Å². The molecular formula is C32H30ClN3O5S2. The molecule has 3 heterocycles. The fourth-order valence-corrected chi connectivity index (χ4v) is 6.07. The number of unbranched alkanes of at least 4 members (excludes halogenated alkanes) is 1. The van der Waals surface area contributed by atoms with Crippen LogP contribution in [0.3, 0.4) is 0 Å². The molecule has 2 aromatic carbocycles. The van der Waals surface area contributed by atoms with E-state index in [4.69, 9.17) is 11.6 Å². The molecule has 0 aliphatic heterocycles. The summed E-state index contributed by atoms with van der Waals surface area (Å²) in [6, 6.07) is 16.2. The number of nitrogens with one attached hydrogen (secondary N) is 1. The number of hydrogen-bond donors (Lipinski definition) is 3. The highest BCUT2D eigenvalue weighted by Gasteiger charge is 2.19. The van der Waals surface area contributed by atoms with Gasteiger partial charge in [0.1, 0.15) is 5.01 Å². The van der Waals surface area contributed by atoms with Gasteiger partial charge in [0.15, 0.2) is 0 Å². The summed E-state index contributed by atoms with van der Waals surface area (Å²) in [5.74, 6) is -2.33. The normalized spacial score (nSPS) is 10.6. The van der Waals surface area contributed by atoms with Crippen molar-refractivity contribution in [3.05, 3.63) is 110 Å². The van der Waals surface area contributed by atoms with Crippen molar-refractivity contribution in [3.63, 3.8) is 0 Å². The van der Waals surface area contributed by atoms with E-state index < -0.39 is 11.9 Å². The first-order chi connectivity index (χ1) is 20.7. The molecule has 5 rings (SSSR count). The molecule has 8 nitrogen and oxygen atoms in total. The van der Waals surface area contributed by atoms with Crippen molar-refractivity contribution >= 4 is 52.1 Å². The lowest BCUT2D eigenvalue weighted by Crippen LogP contribution is -2.23. The van der Waals surface area contributed by atoms with Crippen LogP contribution in [0, 0.1) is 6.92 Å². The van der Waals surface area contributed by atoms with Crippen LogP contribution in [0.1, 0.15) is 61.3 Å². The second kappa shape index (κ2) is 14.8. The minimum absolute atomic E-state index is 0.0216. The standard InChI is InChI=1S/C18H12ClNO4S.C14H18N2OS/c1-9-12(17(21)22)6-10(7-13(9)18(23)24)15-8-25-16(20-15)11-4-2-3-5-14(11)19;1-2-3-7-15-14(17)12-6-8-16(10-12)11-13-5-4-9-18-13/h2-8H,1H3,(H,21,22)(H,23,24);4-6,8-10H,2-3,7,11H2,1H3,(H,15,17). The van der Waals surface area contributed by atoms with Crippen LogP contribution in [0.4, 0.5) is 0 Å². The molecule has 0 fully saturated rings. The van der Waals surface area contributed by atoms with Crippen LogP contribution in [0.5, 0.6) is 0 Å². The van der Waals surface area contributed by atoms with Crippen LogP contribution in [-0.4, -0.2) is 44.2 Å². The number of carboxylic acids is 2. The SMILES string of the molecule is CCCCNC(=O)c1ccn(Cc2cccs2)c1.Cc1c(C(=O)O)cc(-c2csc(-c3ccccc3Cl)n2)cc1C(=O)O. The number of aromatic carboxylic acids is 2. The molecule has 5 aromatic rings. The Kier molecular flexibility index (Phi) is 10.9. The van der Waals surface area contributed by atoms with Gasteiger partial charge in [-0.2, -0.15) is 0 Å². The second-order valence-electron chi connectivity index (χ2n) is 9.59. The Morgan fingerprint density at radius 3 is 2.35 bits per heavy atom. The zero-order chi connectivity index (χ0) is 30.9. The zero-order valence-corrected chi connectivity index (χ0v) is 25.9. The largest absolute Gasteiger partial charge is 0.478 e. The molecule has 0 saturated carbocycles. The molecule has 1 amide bonds. The first-order valence-corrected chi connectivity index (χ1v) is 15.6. The van der Waals surface area contributed by atoms with Gasteiger partial charge < -0.3 is 20.1 Å². The molecule has 11 heteroatoms. The molecule has 0 spiro atoms. The molecule has 0 aliphatic rings. The maximum atomic E-state index is 11.8. The number of thiophene rings is 1. The molecule has 0 aliphatic carbocycles. The highest BCUT2D eigenvalue weighted by molar-refractivity contribution is 7.13. The number of benzene rings is 2. The number of carbonyl (C=O) groups is 3. The molecular weight excluding hydrogens is 606 g/mol. The summed E-state index contributed by atoms with van der Waals surface area (Å²) in [6.07, 6.45) is 5.98. The van der Waals surface area contributed by atoms with E-state index in [1.807, 2.05) is 47.3 Å². The van der Waals surface area contributed by atoms with E-state index in [-0.39, 0.29) is 22.6 Å². The Balaban J connectivity index is 0.000000208. The van der Waals surface area contributed by atoms with E-state index in [2.05, 4.69) is 28.7 Å². The third-order valence-corrected chi connectivity index (χ3v) is 8.59. The summed E-state index contributed by atoms with van der Waals surface area (Å²) in [6.45, 7) is 5.18. The number of thiazole rings is 1. The molecule has 0 radical (unpaired) electrons. The van der Waals surface area contributed by atoms with Crippen LogP contribution in [0.15, 0.2) is 77.8 Å². The van der Waals surface area contributed by atoms with Gasteiger partial charge in [-0.25, -0.2) is 14.6 Å². The zero-order valence-electron chi connectivity index (χ0n) is 23.5. The molecule has 222 valence electrons. The van der Waals surface area contributed by atoms with Crippen LogP contribution in [0.2, 0.25) is 5.02 Å². The van der Waals surface area contributed by atoms with Gasteiger partial charge in [0, 0.05) is 40.3 Å². The lowest BCUT2D eigenvalue weighted by Gasteiger charge is -2.08. The number of nitrogens with zero attached hydrogens (tertiary/aromatic N) is 2. The van der Waals surface area contributed by atoms with Crippen molar-refractivity contribution in [3.8, 4) is 21.8 Å². The van der Waals surface area contributed by atoms with Crippen LogP contribution >= 0.6 is 34.3 Å². The third-order valence-electron chi connectivity index (χ3n) is 6.52. The van der Waals surface area contributed by atoms with Crippen molar-refractivity contribution < 1.29 is 24.6 Å². The average Bonchev–Trinajstić information content (AvgIpc) is 3.77. The lowest BCUT2D eigenvalue weighted by atomic mass is 9.97. The van der Waals surface area contributed by atoms with Crippen LogP contribution in [0.25, 0.3) is 21.8 Å². The van der Waals surface area contributed by atoms with Gasteiger partial charge in [-0.1, -0.05) is 49.2 Å². The summed E-state index contributed by atoms with van der Waals surface area (Å²) < 4.78 is 2.04. The summed E-state index contributed by atoms with van der Waals surface area (Å²) in [4.78, 5) is 40.4. The van der Waals surface area contributed by atoms with E-state index in [0.29, 0.717) is 21.3 Å². The maximum absolute atomic E-state index is 11.8. The Hall–Kier alpha value is -4.25. The predicted molar refractivity (Wildman–Crippen MR) is 172 cm³/mol. The van der Waals surface area contributed by atoms with Crippen LogP contribution < -0.4 is 5.32 Å². The Labute approximate surface area is 262 Å². The van der Waals surface area contributed by atoms with Gasteiger partial charge in [0.25, 0.3) is 5.91 Å². The summed E-state index contributed by atoms with van der Waals surface area (Å²) in [5.41, 5.74) is 2.56. The number of carbonyl (C=O) groups excluding carboxylic acids is 1. The van der Waals surface area contributed by atoms with Crippen molar-refractivity contribution in [2.45, 2.75) is 33.2 Å². The first-order valence-electron chi connectivity index (χ1n) is 13.5. The maximum Gasteiger partial charge on any atom is 0.336 e. The molecule has 43 heavy (non-hydrogen) atoms. The Morgan fingerprint density at radius 2 is 1.72 bits per heavy atom. The molecule has 0 unspecified atom stereocenters. The first kappa shape index (κ1) is 31.7. The summed E-state index contributed by atoms with van der Waals surface area (Å²) in [5, 5.41) is 26.6. The Morgan fingerprint density at radius 1 is 1.00 bits per heavy atom. The Bertz CT molecular complexity index is 1690. The van der Waals surface area contributed by atoms with Gasteiger partial charge >= 0.3 is 11.9 Å². The highest BCUT2D eigenvalue weighted by atomic mass is 35.5. The fraction of sp³-hybridized carbons (Fsp3) is 0.188. The van der Waals surface area contributed by atoms with Crippen molar-refractivity contribution in [2.24, 2.45) is 0 Å². The number of rotatable bonds is 10. The number of carboxylic acid groups (broad SMARTS) is 2. The number of amides is 1. The highest BCUT2D eigenvalue weighted by Crippen LogP contribution is 2.34. The number of halogens is 1. The van der Waals surface area contributed by atoms with E-state index in [1.165, 1.54) is 35.3 Å². The number of aromatic nitrogens is 2. The molecule has 0 saturated heterocycles. The molecule has 0 bridgehead atoms. The summed E-state index contributed by atoms with van der Waals surface area (Å²) >= 11 is 9.26. The van der Waals surface area contributed by atoms with Gasteiger partial charge in [0.05, 0.1) is 34.0 Å². The fourth-order valence-electron chi connectivity index (χ4n) is 4.21. The smallest absolute Gasteiger partial charge is 0.336 e. The van der Waals surface area contributed by atoms with Crippen molar-refractivity contribution in [1.29, 1.82) is 0 Å². The van der Waals surface area contributed by atoms with Crippen molar-refractivity contribution in [1.82, 2.24) is 14.9 Å². The topological polar surface area (TPSA) is 122 Å². The minimum atomic E-state index is -1.18. The molecule has 3 N–H and O–H groups in total. The quantitative estimate of drug-likeness (QED) is 0.134. The van der Waals surface area contributed by atoms with Crippen LogP contribution in [-0.2, 0) is 6.54 Å². The summed E-state index contributed by atoms with van der Waals surface area (Å²) in [7, 11) is 0. The minimum Gasteiger partial charge on any atom is -0.478 e. The van der Waals surface area contributed by atoms with Gasteiger partial charge in [-0.05, 0) is 54.6 Å². The lowest BCUT2D eigenvalue weighted by molar-refractivity contribution is 0.0695. The van der Waals surface area contributed by atoms with Crippen molar-refractivity contribution in [2.75, 3.05) is 6.54 Å². The molecule has 0 atom stereocenters. The molecule has 3 aromatic heterocycles. The van der Waals surface area contributed by atoms with E-state index in [0.717, 1.165) is 37.1 Å². The number of hydrogen-bond acceptors (Lipinski definition) is 6. The monoisotopic (exact) mass is 635 g/mol. The van der Waals surface area contributed by atoms with E-state index >= 15 is 0 Å². The average molecular weight is 636 g/mol. The predicted octanol–water partition coefficient (Wildman–Crippen LogP) is 7.96. The third kappa shape index (κ3) is 8.19.